The van der Waals surface area contributed by atoms with Gasteiger partial charge in [-0.2, -0.15) is 0 Å². The third-order valence-corrected chi connectivity index (χ3v) is 6.04. The molecule has 1 spiro atoms. The van der Waals surface area contributed by atoms with Gasteiger partial charge in [-0.1, -0.05) is 23.7 Å². The third-order valence-electron chi connectivity index (χ3n) is 5.12. The molecule has 0 aliphatic carbocycles. The first-order valence-corrected chi connectivity index (χ1v) is 9.70. The summed E-state index contributed by atoms with van der Waals surface area (Å²) < 4.78 is 7.01. The van der Waals surface area contributed by atoms with Gasteiger partial charge in [-0.25, -0.2) is 0 Å². The number of likely N-dealkylation sites (tertiary alicyclic amines) is 1. The van der Waals surface area contributed by atoms with Crippen molar-refractivity contribution >= 4 is 39.2 Å². The highest BCUT2D eigenvalue weighted by molar-refractivity contribution is 9.10. The molecular formula is C20H17BrClNO3. The molecule has 4 nitrogen and oxygen atoms in total. The Bertz CT molecular complexity index is 890. The molecule has 0 bridgehead atoms. The zero-order valence-corrected chi connectivity index (χ0v) is 16.3. The molecule has 0 unspecified atom stereocenters. The number of carbonyl (C=O) groups is 2. The van der Waals surface area contributed by atoms with Crippen molar-refractivity contribution in [2.45, 2.75) is 24.9 Å². The molecule has 134 valence electrons. The van der Waals surface area contributed by atoms with Crippen LogP contribution >= 0.6 is 27.5 Å². The van der Waals surface area contributed by atoms with Crippen molar-refractivity contribution in [1.82, 2.24) is 4.90 Å². The van der Waals surface area contributed by atoms with Crippen LogP contribution in [0.1, 0.15) is 40.0 Å². The molecule has 0 aromatic heterocycles. The summed E-state index contributed by atoms with van der Waals surface area (Å²) in [6, 6.07) is 12.6. The maximum atomic E-state index is 12.8. The predicted molar refractivity (Wildman–Crippen MR) is 103 cm³/mol. The molecule has 2 aliphatic heterocycles. The van der Waals surface area contributed by atoms with Gasteiger partial charge in [0.1, 0.15) is 11.4 Å². The standard InChI is InChI=1S/C20H17BrClNO3/c21-16-4-2-1-3-14(16)19(25)23-9-7-20(8-10-23)12-17(24)15-11-13(22)5-6-18(15)26-20/h1-6,11H,7-10,12H2. The summed E-state index contributed by atoms with van der Waals surface area (Å²) >= 11 is 9.43. The number of fused-ring (bicyclic) bond motifs is 1. The fourth-order valence-electron chi connectivity index (χ4n) is 3.67. The summed E-state index contributed by atoms with van der Waals surface area (Å²) in [4.78, 5) is 27.2. The van der Waals surface area contributed by atoms with Crippen molar-refractivity contribution in [3.05, 3.63) is 63.1 Å². The zero-order valence-electron chi connectivity index (χ0n) is 14.0. The summed E-state index contributed by atoms with van der Waals surface area (Å²) in [7, 11) is 0. The van der Waals surface area contributed by atoms with Crippen molar-refractivity contribution in [2.24, 2.45) is 0 Å². The van der Waals surface area contributed by atoms with Gasteiger partial charge in [0.25, 0.3) is 5.91 Å². The van der Waals surface area contributed by atoms with Crippen LogP contribution in [0, 0.1) is 0 Å². The van der Waals surface area contributed by atoms with Crippen molar-refractivity contribution in [1.29, 1.82) is 0 Å². The summed E-state index contributed by atoms with van der Waals surface area (Å²) in [5.74, 6) is 0.650. The van der Waals surface area contributed by atoms with Crippen molar-refractivity contribution in [3.8, 4) is 5.75 Å². The molecule has 0 atom stereocenters. The minimum atomic E-state index is -0.525. The van der Waals surface area contributed by atoms with Crippen LogP contribution in [0.4, 0.5) is 0 Å². The van der Waals surface area contributed by atoms with Crippen LogP contribution in [-0.4, -0.2) is 35.3 Å². The van der Waals surface area contributed by atoms with Crippen LogP contribution in [0.2, 0.25) is 5.02 Å². The molecule has 2 aromatic carbocycles. The number of ketones is 1. The number of benzene rings is 2. The van der Waals surface area contributed by atoms with Crippen molar-refractivity contribution in [2.75, 3.05) is 13.1 Å². The van der Waals surface area contributed by atoms with E-state index in [1.54, 1.807) is 18.2 Å². The van der Waals surface area contributed by atoms with Crippen molar-refractivity contribution < 1.29 is 14.3 Å². The lowest BCUT2D eigenvalue weighted by molar-refractivity contribution is -0.00572. The van der Waals surface area contributed by atoms with Crippen LogP contribution in [-0.2, 0) is 0 Å². The Morgan fingerprint density at radius 3 is 2.62 bits per heavy atom. The maximum absolute atomic E-state index is 12.8. The average molecular weight is 435 g/mol. The number of nitrogens with zero attached hydrogens (tertiary/aromatic N) is 1. The van der Waals surface area contributed by atoms with E-state index in [0.29, 0.717) is 54.3 Å². The third kappa shape index (κ3) is 3.14. The Labute approximate surface area is 165 Å². The first kappa shape index (κ1) is 17.6. The lowest BCUT2D eigenvalue weighted by Gasteiger charge is -2.44. The van der Waals surface area contributed by atoms with Crippen LogP contribution in [0.15, 0.2) is 46.9 Å². The molecule has 26 heavy (non-hydrogen) atoms. The number of rotatable bonds is 1. The maximum Gasteiger partial charge on any atom is 0.255 e. The summed E-state index contributed by atoms with van der Waals surface area (Å²) in [5, 5.41) is 0.533. The Morgan fingerprint density at radius 2 is 1.88 bits per heavy atom. The summed E-state index contributed by atoms with van der Waals surface area (Å²) in [5.41, 5.74) is 0.682. The minimum Gasteiger partial charge on any atom is -0.486 e. The highest BCUT2D eigenvalue weighted by atomic mass is 79.9. The largest absolute Gasteiger partial charge is 0.486 e. The van der Waals surface area contributed by atoms with Crippen LogP contribution in [0.5, 0.6) is 5.75 Å². The minimum absolute atomic E-state index is 0.00152. The van der Waals surface area contributed by atoms with Gasteiger partial charge in [-0.05, 0) is 46.3 Å². The second kappa shape index (κ2) is 6.71. The first-order valence-electron chi connectivity index (χ1n) is 8.53. The Balaban J connectivity index is 1.50. The van der Waals surface area contributed by atoms with Gasteiger partial charge < -0.3 is 9.64 Å². The average Bonchev–Trinajstić information content (AvgIpc) is 2.63. The van der Waals surface area contributed by atoms with Crippen LogP contribution < -0.4 is 4.74 Å². The quantitative estimate of drug-likeness (QED) is 0.651. The Kier molecular flexibility index (Phi) is 4.53. The SMILES string of the molecule is O=C1CC2(CCN(C(=O)c3ccccc3Br)CC2)Oc2ccc(Cl)cc21. The number of halogens is 2. The van der Waals surface area contributed by atoms with Crippen LogP contribution in [0.25, 0.3) is 0 Å². The van der Waals surface area contributed by atoms with Crippen LogP contribution in [0.3, 0.4) is 0 Å². The summed E-state index contributed by atoms with van der Waals surface area (Å²) in [6.07, 6.45) is 1.60. The lowest BCUT2D eigenvalue weighted by atomic mass is 9.82. The van der Waals surface area contributed by atoms with Gasteiger partial charge >= 0.3 is 0 Å². The second-order valence-corrected chi connectivity index (χ2v) is 8.09. The number of piperidine rings is 1. The van der Waals surface area contributed by atoms with E-state index in [2.05, 4.69) is 15.9 Å². The van der Waals surface area contributed by atoms with E-state index in [9.17, 15) is 9.59 Å². The Morgan fingerprint density at radius 1 is 1.15 bits per heavy atom. The highest BCUT2D eigenvalue weighted by Crippen LogP contribution is 2.40. The zero-order chi connectivity index (χ0) is 18.3. The number of hydrogen-bond acceptors (Lipinski definition) is 3. The number of carbonyl (C=O) groups excluding carboxylic acids is 2. The fraction of sp³-hybridized carbons (Fsp3) is 0.300. The lowest BCUT2D eigenvalue weighted by Crippen LogP contribution is -2.52. The highest BCUT2D eigenvalue weighted by Gasteiger charge is 2.43. The number of Topliss-reactive ketones (excluding diaryl/α,β-unsaturated/α-hetero) is 1. The Hall–Kier alpha value is -1.85. The molecule has 1 saturated heterocycles. The fourth-order valence-corrected chi connectivity index (χ4v) is 4.29. The monoisotopic (exact) mass is 433 g/mol. The van der Waals surface area contributed by atoms with E-state index in [1.165, 1.54) is 0 Å². The van der Waals surface area contributed by atoms with Gasteiger partial charge in [-0.3, -0.25) is 9.59 Å². The van der Waals surface area contributed by atoms with E-state index in [-0.39, 0.29) is 11.7 Å². The first-order chi connectivity index (χ1) is 12.5. The molecule has 0 radical (unpaired) electrons. The molecule has 4 rings (SSSR count). The van der Waals surface area contributed by atoms with E-state index < -0.39 is 5.60 Å². The number of amides is 1. The van der Waals surface area contributed by atoms with Gasteiger partial charge in [0.2, 0.25) is 0 Å². The van der Waals surface area contributed by atoms with Gasteiger partial charge in [0.15, 0.2) is 5.78 Å². The molecule has 0 N–H and O–H groups in total. The molecule has 0 saturated carbocycles. The van der Waals surface area contributed by atoms with Gasteiger partial charge in [-0.15, -0.1) is 0 Å². The normalized spacial score (nSPS) is 18.4. The van der Waals surface area contributed by atoms with E-state index in [4.69, 9.17) is 16.3 Å². The number of hydrogen-bond donors (Lipinski definition) is 0. The summed E-state index contributed by atoms with van der Waals surface area (Å²) in [6.45, 7) is 1.13. The molecular weight excluding hydrogens is 418 g/mol. The molecule has 1 fully saturated rings. The topological polar surface area (TPSA) is 46.6 Å². The van der Waals surface area contributed by atoms with E-state index >= 15 is 0 Å². The van der Waals surface area contributed by atoms with E-state index in [1.807, 2.05) is 29.2 Å². The number of ether oxygens (including phenoxy) is 1. The smallest absolute Gasteiger partial charge is 0.255 e. The van der Waals surface area contributed by atoms with Crippen molar-refractivity contribution in [3.63, 3.8) is 0 Å². The molecule has 1 amide bonds. The predicted octanol–water partition coefficient (Wildman–Crippen LogP) is 4.74. The van der Waals surface area contributed by atoms with Gasteiger partial charge in [0, 0.05) is 35.4 Å². The molecule has 2 aliphatic rings. The molecule has 2 aromatic rings. The molecule has 2 heterocycles. The van der Waals surface area contributed by atoms with E-state index in [0.717, 1.165) is 4.47 Å². The molecule has 6 heteroatoms. The van der Waals surface area contributed by atoms with Gasteiger partial charge in [0.05, 0.1) is 17.5 Å². The second-order valence-electron chi connectivity index (χ2n) is 6.80.